The average Bonchev–Trinajstić information content (AvgIpc) is 2.31. The molecule has 0 bridgehead atoms. The molecule has 1 aromatic heterocycles. The Labute approximate surface area is 111 Å². The molecule has 94 valence electrons. The highest BCUT2D eigenvalue weighted by molar-refractivity contribution is 9.09. The Kier molecular flexibility index (Phi) is 5.55. The van der Waals surface area contributed by atoms with Crippen LogP contribution in [0.5, 0.6) is 0 Å². The maximum absolute atomic E-state index is 12.3. The molecule has 5 heteroatoms. The zero-order valence-corrected chi connectivity index (χ0v) is 12.1. The molecule has 0 fully saturated rings. The highest BCUT2D eigenvalue weighted by Crippen LogP contribution is 2.10. The van der Waals surface area contributed by atoms with E-state index >= 15 is 0 Å². The van der Waals surface area contributed by atoms with Gasteiger partial charge in [0.1, 0.15) is 0 Å². The summed E-state index contributed by atoms with van der Waals surface area (Å²) < 4.78 is 0. The van der Waals surface area contributed by atoms with Gasteiger partial charge in [-0.05, 0) is 26.3 Å². The second-order valence-electron chi connectivity index (χ2n) is 3.97. The molecule has 0 N–H and O–H groups in total. The number of carbonyl (C=O) groups excluding carboxylic acids is 1. The molecule has 1 heterocycles. The van der Waals surface area contributed by atoms with E-state index in [9.17, 15) is 4.79 Å². The highest BCUT2D eigenvalue weighted by Gasteiger charge is 2.17. The zero-order chi connectivity index (χ0) is 12.8. The Morgan fingerprint density at radius 3 is 2.65 bits per heavy atom. The molecule has 0 aliphatic rings. The molecule has 0 saturated heterocycles. The normalized spacial score (nSPS) is 10.4. The minimum absolute atomic E-state index is 0.0433. The van der Waals surface area contributed by atoms with Crippen LogP contribution in [0.1, 0.15) is 35.1 Å². The predicted octanol–water partition coefficient (Wildman–Crippen LogP) is 2.34. The fourth-order valence-corrected chi connectivity index (χ4v) is 2.05. The smallest absolute Gasteiger partial charge is 0.255 e. The van der Waals surface area contributed by atoms with E-state index in [2.05, 4.69) is 33.1 Å². The lowest BCUT2D eigenvalue weighted by Crippen LogP contribution is -2.34. The lowest BCUT2D eigenvalue weighted by Gasteiger charge is -2.21. The Morgan fingerprint density at radius 1 is 1.35 bits per heavy atom. The van der Waals surface area contributed by atoms with Gasteiger partial charge in [0.05, 0.1) is 17.0 Å². The number of carbonyl (C=O) groups is 1. The second kappa shape index (κ2) is 6.69. The molecule has 0 aliphatic carbocycles. The van der Waals surface area contributed by atoms with Crippen molar-refractivity contribution in [3.05, 3.63) is 23.0 Å². The molecule has 1 rings (SSSR count). The number of halogens is 1. The van der Waals surface area contributed by atoms with Gasteiger partial charge in [0, 0.05) is 18.4 Å². The van der Waals surface area contributed by atoms with Gasteiger partial charge in [0.25, 0.3) is 5.91 Å². The van der Waals surface area contributed by atoms with Crippen molar-refractivity contribution in [2.75, 3.05) is 18.4 Å². The summed E-state index contributed by atoms with van der Waals surface area (Å²) in [5, 5.41) is 8.72. The fraction of sp³-hybridized carbons (Fsp3) is 0.583. The van der Waals surface area contributed by atoms with Gasteiger partial charge in [-0.15, -0.1) is 0 Å². The van der Waals surface area contributed by atoms with E-state index in [0.29, 0.717) is 17.8 Å². The number of hydrogen-bond acceptors (Lipinski definition) is 3. The molecule has 0 unspecified atom stereocenters. The number of rotatable bonds is 5. The third-order valence-electron chi connectivity index (χ3n) is 2.47. The van der Waals surface area contributed by atoms with Gasteiger partial charge >= 0.3 is 0 Å². The van der Waals surface area contributed by atoms with Gasteiger partial charge in [0.2, 0.25) is 0 Å². The molecular formula is C12H18BrN3O. The molecule has 0 spiro atoms. The van der Waals surface area contributed by atoms with Crippen LogP contribution in [0.25, 0.3) is 0 Å². The van der Waals surface area contributed by atoms with Crippen molar-refractivity contribution >= 4 is 21.8 Å². The summed E-state index contributed by atoms with van der Waals surface area (Å²) in [6.45, 7) is 7.21. The van der Waals surface area contributed by atoms with Crippen molar-refractivity contribution in [2.45, 2.75) is 27.2 Å². The van der Waals surface area contributed by atoms with Gasteiger partial charge in [-0.3, -0.25) is 4.79 Å². The van der Waals surface area contributed by atoms with Crippen molar-refractivity contribution in [1.29, 1.82) is 0 Å². The first kappa shape index (κ1) is 14.1. The van der Waals surface area contributed by atoms with Crippen LogP contribution in [0.3, 0.4) is 0 Å². The molecule has 4 nitrogen and oxygen atoms in total. The molecule has 0 atom stereocenters. The standard InChI is InChI=1S/C12H18BrN3O/c1-4-6-16(7-5-13)12(17)11-8-9(2)14-15-10(11)3/h8H,4-7H2,1-3H3. The average molecular weight is 300 g/mol. The Balaban J connectivity index is 2.95. The molecular weight excluding hydrogens is 282 g/mol. The lowest BCUT2D eigenvalue weighted by molar-refractivity contribution is 0.0765. The first-order valence-corrected chi connectivity index (χ1v) is 6.88. The van der Waals surface area contributed by atoms with Crippen molar-refractivity contribution in [1.82, 2.24) is 15.1 Å². The van der Waals surface area contributed by atoms with E-state index in [0.717, 1.165) is 24.0 Å². The van der Waals surface area contributed by atoms with Crippen LogP contribution in [-0.4, -0.2) is 39.4 Å². The van der Waals surface area contributed by atoms with Crippen LogP contribution < -0.4 is 0 Å². The van der Waals surface area contributed by atoms with E-state index < -0.39 is 0 Å². The van der Waals surface area contributed by atoms with Crippen LogP contribution in [0.15, 0.2) is 6.07 Å². The summed E-state index contributed by atoms with van der Waals surface area (Å²) in [6.07, 6.45) is 0.954. The van der Waals surface area contributed by atoms with Crippen molar-refractivity contribution in [3.8, 4) is 0 Å². The third-order valence-corrected chi connectivity index (χ3v) is 2.82. The molecule has 0 aliphatic heterocycles. The predicted molar refractivity (Wildman–Crippen MR) is 71.5 cm³/mol. The van der Waals surface area contributed by atoms with Crippen LogP contribution in [0, 0.1) is 13.8 Å². The first-order valence-electron chi connectivity index (χ1n) is 5.76. The highest BCUT2D eigenvalue weighted by atomic mass is 79.9. The summed E-state index contributed by atoms with van der Waals surface area (Å²) in [6, 6.07) is 1.81. The molecule has 0 saturated carbocycles. The number of aryl methyl sites for hydroxylation is 2. The van der Waals surface area contributed by atoms with Crippen LogP contribution >= 0.6 is 15.9 Å². The molecule has 0 radical (unpaired) electrons. The number of nitrogens with zero attached hydrogens (tertiary/aromatic N) is 3. The van der Waals surface area contributed by atoms with E-state index in [1.165, 1.54) is 0 Å². The van der Waals surface area contributed by atoms with E-state index in [-0.39, 0.29) is 5.91 Å². The van der Waals surface area contributed by atoms with E-state index in [1.54, 1.807) is 0 Å². The number of aromatic nitrogens is 2. The second-order valence-corrected chi connectivity index (χ2v) is 4.76. The Morgan fingerprint density at radius 2 is 2.06 bits per heavy atom. The van der Waals surface area contributed by atoms with Crippen LogP contribution in [0.4, 0.5) is 0 Å². The van der Waals surface area contributed by atoms with Gasteiger partial charge in [-0.25, -0.2) is 0 Å². The summed E-state index contributed by atoms with van der Waals surface area (Å²) in [7, 11) is 0. The summed E-state index contributed by atoms with van der Waals surface area (Å²) >= 11 is 3.37. The first-order chi connectivity index (χ1) is 8.10. The van der Waals surface area contributed by atoms with E-state index in [1.807, 2.05) is 24.8 Å². The minimum Gasteiger partial charge on any atom is -0.338 e. The zero-order valence-electron chi connectivity index (χ0n) is 10.5. The minimum atomic E-state index is 0.0433. The molecule has 0 aromatic carbocycles. The van der Waals surface area contributed by atoms with Crippen molar-refractivity contribution in [2.24, 2.45) is 0 Å². The topological polar surface area (TPSA) is 46.1 Å². The summed E-state index contributed by atoms with van der Waals surface area (Å²) in [4.78, 5) is 14.2. The summed E-state index contributed by atoms with van der Waals surface area (Å²) in [5.74, 6) is 0.0433. The quantitative estimate of drug-likeness (QED) is 0.784. The van der Waals surface area contributed by atoms with Crippen LogP contribution in [0.2, 0.25) is 0 Å². The number of hydrogen-bond donors (Lipinski definition) is 0. The van der Waals surface area contributed by atoms with Gasteiger partial charge < -0.3 is 4.90 Å². The number of alkyl halides is 1. The van der Waals surface area contributed by atoms with Gasteiger partial charge in [0.15, 0.2) is 0 Å². The molecule has 1 amide bonds. The largest absolute Gasteiger partial charge is 0.338 e. The summed E-state index contributed by atoms with van der Waals surface area (Å²) in [5.41, 5.74) is 2.12. The fourth-order valence-electron chi connectivity index (χ4n) is 1.62. The maximum atomic E-state index is 12.3. The van der Waals surface area contributed by atoms with Crippen molar-refractivity contribution < 1.29 is 4.79 Å². The lowest BCUT2D eigenvalue weighted by atomic mass is 10.1. The number of amides is 1. The van der Waals surface area contributed by atoms with Crippen LogP contribution in [-0.2, 0) is 0 Å². The van der Waals surface area contributed by atoms with E-state index in [4.69, 9.17) is 0 Å². The molecule has 1 aromatic rings. The van der Waals surface area contributed by atoms with Gasteiger partial charge in [-0.1, -0.05) is 22.9 Å². The monoisotopic (exact) mass is 299 g/mol. The molecule has 17 heavy (non-hydrogen) atoms. The maximum Gasteiger partial charge on any atom is 0.255 e. The van der Waals surface area contributed by atoms with Crippen molar-refractivity contribution in [3.63, 3.8) is 0 Å². The SMILES string of the molecule is CCCN(CCBr)C(=O)c1cc(C)nnc1C. The Hall–Kier alpha value is -0.970. The Bertz CT molecular complexity index is 389. The third kappa shape index (κ3) is 3.77. The van der Waals surface area contributed by atoms with Gasteiger partial charge in [-0.2, -0.15) is 10.2 Å².